The van der Waals surface area contributed by atoms with Gasteiger partial charge >= 0.3 is 0 Å². The molecular weight excluding hydrogens is 292 g/mol. The smallest absolute Gasteiger partial charge is 0.119 e. The normalized spacial score (nSPS) is 33.1. The zero-order valence-corrected chi connectivity index (χ0v) is 13.2. The minimum atomic E-state index is -2.55. The Balaban J connectivity index is 1.98. The molecule has 2 aliphatic rings. The van der Waals surface area contributed by atoms with Gasteiger partial charge in [0, 0.05) is 37.8 Å². The summed E-state index contributed by atoms with van der Waals surface area (Å²) >= 11 is 0. The van der Waals surface area contributed by atoms with Crippen LogP contribution in [-0.2, 0) is 23.5 Å². The van der Waals surface area contributed by atoms with Gasteiger partial charge in [0.25, 0.3) is 0 Å². The molecule has 0 radical (unpaired) electrons. The van der Waals surface area contributed by atoms with E-state index in [0.717, 1.165) is 22.0 Å². The third-order valence-corrected chi connectivity index (χ3v) is 5.65. The Labute approximate surface area is 140 Å². The molecular formula is C18H24N2O3. The van der Waals surface area contributed by atoms with Crippen LogP contribution < -0.4 is 0 Å². The molecule has 1 aromatic heterocycles. The third-order valence-electron chi connectivity index (χ3n) is 5.65. The summed E-state index contributed by atoms with van der Waals surface area (Å²) in [5, 5.41) is 20.4. The van der Waals surface area contributed by atoms with E-state index in [0.29, 0.717) is 19.4 Å². The van der Waals surface area contributed by atoms with Crippen LogP contribution in [-0.4, -0.2) is 53.0 Å². The van der Waals surface area contributed by atoms with E-state index in [4.69, 9.17) is 8.85 Å². The molecule has 1 aliphatic heterocycles. The van der Waals surface area contributed by atoms with Gasteiger partial charge < -0.3 is 19.5 Å². The van der Waals surface area contributed by atoms with Crippen molar-refractivity contribution in [2.75, 3.05) is 27.2 Å². The number of piperidine rings is 1. The monoisotopic (exact) mass is 319 g/mol. The van der Waals surface area contributed by atoms with Crippen LogP contribution >= 0.6 is 0 Å². The Bertz CT molecular complexity index is 835. The Morgan fingerprint density at radius 3 is 3.04 bits per heavy atom. The van der Waals surface area contributed by atoms with E-state index in [1.54, 1.807) is 4.57 Å². The lowest BCUT2D eigenvalue weighted by Gasteiger charge is -2.52. The van der Waals surface area contributed by atoms with Crippen molar-refractivity contribution in [2.24, 2.45) is 5.92 Å². The Hall–Kier alpha value is -1.40. The van der Waals surface area contributed by atoms with E-state index >= 15 is 0 Å². The first kappa shape index (κ1) is 12.0. The molecule has 0 bridgehead atoms. The number of aliphatic hydroxyl groups excluding tert-OH is 2. The van der Waals surface area contributed by atoms with Crippen LogP contribution in [0.1, 0.15) is 21.7 Å². The number of benzene rings is 1. The highest BCUT2D eigenvalue weighted by atomic mass is 16.5. The predicted octanol–water partition coefficient (Wildman–Crippen LogP) is 1.30. The summed E-state index contributed by atoms with van der Waals surface area (Å²) in [6, 6.07) is 5.60. The molecule has 4 rings (SSSR count). The van der Waals surface area contributed by atoms with Gasteiger partial charge in [0.2, 0.25) is 0 Å². The molecule has 23 heavy (non-hydrogen) atoms. The van der Waals surface area contributed by atoms with Gasteiger partial charge in [-0.05, 0) is 43.0 Å². The number of hydrogen-bond donors (Lipinski definition) is 2. The number of aliphatic hydroxyl groups is 2. The molecule has 3 atom stereocenters. The number of hydrogen-bond acceptors (Lipinski definition) is 4. The quantitative estimate of drug-likeness (QED) is 0.895. The fraction of sp³-hybridized carbons (Fsp3) is 0.556. The fourth-order valence-corrected chi connectivity index (χ4v) is 4.69. The lowest BCUT2D eigenvalue weighted by molar-refractivity contribution is -0.130. The van der Waals surface area contributed by atoms with Crippen molar-refractivity contribution in [1.82, 2.24) is 9.47 Å². The standard InChI is InChI=1S/C18H24N2O3/c1-19-8-12(10-21)7-18(23-2)14-4-3-5-15-17(14)13(6-16(18)19)9-20(15)11-22/h3-5,9,12,16,21-22H,6-8,10-11H2,1-2H3/t12-,16-,18+/m1/s1/i2D3. The Morgan fingerprint density at radius 2 is 2.30 bits per heavy atom. The van der Waals surface area contributed by atoms with E-state index in [9.17, 15) is 10.2 Å². The Kier molecular flexibility index (Phi) is 2.78. The van der Waals surface area contributed by atoms with Gasteiger partial charge in [0.1, 0.15) is 12.3 Å². The van der Waals surface area contributed by atoms with E-state index < -0.39 is 12.6 Å². The minimum Gasteiger partial charge on any atom is -0.396 e. The summed E-state index contributed by atoms with van der Waals surface area (Å²) in [4.78, 5) is 2.11. The van der Waals surface area contributed by atoms with E-state index in [-0.39, 0.29) is 25.3 Å². The lowest BCUT2D eigenvalue weighted by Crippen LogP contribution is -2.59. The van der Waals surface area contributed by atoms with Gasteiger partial charge in [-0.15, -0.1) is 0 Å². The molecule has 124 valence electrons. The summed E-state index contributed by atoms with van der Waals surface area (Å²) in [7, 11) is -0.589. The van der Waals surface area contributed by atoms with E-state index in [1.165, 1.54) is 0 Å². The molecule has 2 N–H and O–H groups in total. The van der Waals surface area contributed by atoms with Gasteiger partial charge in [-0.1, -0.05) is 12.1 Å². The maximum absolute atomic E-state index is 9.78. The van der Waals surface area contributed by atoms with Gasteiger partial charge in [-0.3, -0.25) is 4.90 Å². The first-order valence-corrected chi connectivity index (χ1v) is 8.02. The number of likely N-dealkylation sites (N-methyl/N-ethyl adjacent to an activating group) is 1. The first-order valence-electron chi connectivity index (χ1n) is 9.52. The highest BCUT2D eigenvalue weighted by molar-refractivity contribution is 5.89. The second-order valence-electron chi connectivity index (χ2n) is 6.87. The van der Waals surface area contributed by atoms with Crippen molar-refractivity contribution >= 4 is 10.9 Å². The van der Waals surface area contributed by atoms with Crippen LogP contribution in [0.15, 0.2) is 24.4 Å². The number of ether oxygens (including phenoxy) is 1. The lowest BCUT2D eigenvalue weighted by atomic mass is 9.69. The average molecular weight is 319 g/mol. The van der Waals surface area contributed by atoms with Gasteiger partial charge in [0.05, 0.1) is 9.63 Å². The molecule has 2 heterocycles. The average Bonchev–Trinajstić information content (AvgIpc) is 2.94. The fourth-order valence-electron chi connectivity index (χ4n) is 4.69. The van der Waals surface area contributed by atoms with Gasteiger partial charge in [-0.25, -0.2) is 0 Å². The number of likely N-dealkylation sites (tertiary alicyclic amines) is 1. The number of methoxy groups -OCH3 is 1. The highest BCUT2D eigenvalue weighted by Gasteiger charge is 2.51. The molecule has 0 saturated carbocycles. The summed E-state index contributed by atoms with van der Waals surface area (Å²) in [5.74, 6) is -0.0599. The van der Waals surface area contributed by atoms with Crippen LogP contribution in [0, 0.1) is 5.92 Å². The maximum atomic E-state index is 9.78. The van der Waals surface area contributed by atoms with Crippen LogP contribution in [0.5, 0.6) is 0 Å². The number of rotatable bonds is 3. The SMILES string of the molecule is [2H]C([2H])([2H])O[C@]12C[C@@H](CO)CN(C)[C@@H]1Cc1cn(CO)c3cccc2c13. The number of nitrogens with zero attached hydrogens (tertiary/aromatic N) is 2. The van der Waals surface area contributed by atoms with Gasteiger partial charge in [0.15, 0.2) is 0 Å². The Morgan fingerprint density at radius 1 is 1.43 bits per heavy atom. The van der Waals surface area contributed by atoms with Crippen molar-refractivity contribution in [3.05, 3.63) is 35.5 Å². The zero-order valence-electron chi connectivity index (χ0n) is 16.2. The molecule has 1 aliphatic carbocycles. The molecule has 5 heteroatoms. The van der Waals surface area contributed by atoms with Crippen LogP contribution in [0.25, 0.3) is 10.9 Å². The third kappa shape index (κ3) is 1.94. The maximum Gasteiger partial charge on any atom is 0.119 e. The summed E-state index contributed by atoms with van der Waals surface area (Å²) in [6.07, 6.45) is 3.05. The number of aromatic nitrogens is 1. The van der Waals surface area contributed by atoms with Crippen molar-refractivity contribution in [2.45, 2.75) is 31.2 Å². The van der Waals surface area contributed by atoms with E-state index in [1.807, 2.05) is 31.4 Å². The van der Waals surface area contributed by atoms with Crippen LogP contribution in [0.4, 0.5) is 0 Å². The minimum absolute atomic E-state index is 0.0103. The molecule has 1 fully saturated rings. The highest BCUT2D eigenvalue weighted by Crippen LogP contribution is 2.49. The molecule has 5 nitrogen and oxygen atoms in total. The zero-order chi connectivity index (χ0) is 18.7. The van der Waals surface area contributed by atoms with Crippen molar-refractivity contribution in [3.8, 4) is 0 Å². The first-order chi connectivity index (χ1) is 12.3. The molecule has 0 amide bonds. The van der Waals surface area contributed by atoms with Crippen LogP contribution in [0.3, 0.4) is 0 Å². The van der Waals surface area contributed by atoms with E-state index in [2.05, 4.69) is 4.90 Å². The summed E-state index contributed by atoms with van der Waals surface area (Å²) in [6.45, 7) is 0.551. The topological polar surface area (TPSA) is 57.9 Å². The second-order valence-corrected chi connectivity index (χ2v) is 6.87. The summed E-state index contributed by atoms with van der Waals surface area (Å²) < 4.78 is 30.9. The molecule has 2 aromatic rings. The van der Waals surface area contributed by atoms with Gasteiger partial charge in [-0.2, -0.15) is 0 Å². The molecule has 1 saturated heterocycles. The molecule has 0 unspecified atom stereocenters. The summed E-state index contributed by atoms with van der Waals surface area (Å²) in [5.41, 5.74) is 1.80. The second kappa shape index (κ2) is 5.31. The largest absolute Gasteiger partial charge is 0.396 e. The van der Waals surface area contributed by atoms with Crippen molar-refractivity contribution in [3.63, 3.8) is 0 Å². The van der Waals surface area contributed by atoms with Crippen molar-refractivity contribution in [1.29, 1.82) is 0 Å². The number of fused-ring (bicyclic) bond motifs is 2. The molecule has 0 spiro atoms. The predicted molar refractivity (Wildman–Crippen MR) is 88.2 cm³/mol. The van der Waals surface area contributed by atoms with Crippen LogP contribution in [0.2, 0.25) is 0 Å². The molecule has 1 aromatic carbocycles. The van der Waals surface area contributed by atoms with Crippen molar-refractivity contribution < 1.29 is 19.1 Å².